The van der Waals surface area contributed by atoms with Gasteiger partial charge in [-0.3, -0.25) is 0 Å². The number of para-hydroxylation sites is 1. The summed E-state index contributed by atoms with van der Waals surface area (Å²) in [6, 6.07) is 81.1. The van der Waals surface area contributed by atoms with Gasteiger partial charge in [-0.15, -0.1) is 0 Å². The van der Waals surface area contributed by atoms with Gasteiger partial charge in [0.15, 0.2) is 0 Å². The van der Waals surface area contributed by atoms with Gasteiger partial charge in [0.25, 0.3) is 0 Å². The van der Waals surface area contributed by atoms with E-state index in [1.165, 1.54) is 94.6 Å². The Balaban J connectivity index is 1.19. The summed E-state index contributed by atoms with van der Waals surface area (Å²) in [5.74, 6) is 0. The van der Waals surface area contributed by atoms with Crippen LogP contribution < -0.4 is 4.90 Å². The summed E-state index contributed by atoms with van der Waals surface area (Å²) in [6.07, 6.45) is 6.29. The highest BCUT2D eigenvalue weighted by atomic mass is 15.1. The van der Waals surface area contributed by atoms with E-state index in [0.29, 0.717) is 0 Å². The maximum atomic E-state index is 4.16. The van der Waals surface area contributed by atoms with Gasteiger partial charge in [0.05, 0.1) is 11.1 Å². The summed E-state index contributed by atoms with van der Waals surface area (Å²) < 4.78 is 0. The zero-order chi connectivity index (χ0) is 43.7. The number of hydrogen-bond acceptors (Lipinski definition) is 1. The Bertz CT molecular complexity index is 3410. The van der Waals surface area contributed by atoms with E-state index in [1.54, 1.807) is 0 Å². The lowest BCUT2D eigenvalue weighted by molar-refractivity contribution is 0.660. The monoisotopic (exact) mass is 829 g/mol. The van der Waals surface area contributed by atoms with Crippen LogP contribution in [0.15, 0.2) is 243 Å². The predicted octanol–water partition coefficient (Wildman–Crippen LogP) is 16.8. The van der Waals surface area contributed by atoms with Crippen LogP contribution in [0.3, 0.4) is 0 Å². The Morgan fingerprint density at radius 3 is 1.57 bits per heavy atom. The topological polar surface area (TPSA) is 3.24 Å². The average molecular weight is 830 g/mol. The van der Waals surface area contributed by atoms with E-state index < -0.39 is 5.41 Å². The zero-order valence-corrected chi connectivity index (χ0v) is 36.7. The maximum Gasteiger partial charge on any atom is 0.0738 e. The van der Waals surface area contributed by atoms with Crippen molar-refractivity contribution in [2.75, 3.05) is 4.90 Å². The lowest BCUT2D eigenvalue weighted by Gasteiger charge is -2.36. The molecule has 0 saturated heterocycles. The Morgan fingerprint density at radius 1 is 0.400 bits per heavy atom. The third kappa shape index (κ3) is 5.72. The number of rotatable bonds is 8. The zero-order valence-electron chi connectivity index (χ0n) is 36.7. The van der Waals surface area contributed by atoms with Crippen LogP contribution in [0.1, 0.15) is 52.8 Å². The van der Waals surface area contributed by atoms with Gasteiger partial charge in [-0.25, -0.2) is 0 Å². The normalized spacial score (nSPS) is 16.0. The number of hydrogen-bond donors (Lipinski definition) is 0. The van der Waals surface area contributed by atoms with Crippen LogP contribution in [0.2, 0.25) is 0 Å². The van der Waals surface area contributed by atoms with Crippen molar-refractivity contribution in [3.05, 3.63) is 282 Å². The van der Waals surface area contributed by atoms with Crippen molar-refractivity contribution in [3.8, 4) is 44.5 Å². The smallest absolute Gasteiger partial charge is 0.0738 e. The molecule has 0 aliphatic heterocycles. The Morgan fingerprint density at radius 2 is 0.892 bits per heavy atom. The van der Waals surface area contributed by atoms with E-state index >= 15 is 0 Å². The molecule has 0 radical (unpaired) electrons. The number of fused-ring (bicyclic) bond motifs is 10. The molecule has 308 valence electrons. The van der Waals surface area contributed by atoms with E-state index in [1.807, 2.05) is 6.08 Å². The molecule has 65 heavy (non-hydrogen) atoms. The Kier molecular flexibility index (Phi) is 8.97. The van der Waals surface area contributed by atoms with Crippen LogP contribution >= 0.6 is 0 Å². The molecule has 1 nitrogen and oxygen atoms in total. The first kappa shape index (κ1) is 38.7. The van der Waals surface area contributed by atoms with E-state index in [4.69, 9.17) is 0 Å². The first-order valence-corrected chi connectivity index (χ1v) is 22.7. The molecule has 0 fully saturated rings. The lowest BCUT2D eigenvalue weighted by atomic mass is 9.66. The minimum Gasteiger partial charge on any atom is -0.310 e. The van der Waals surface area contributed by atoms with Crippen LogP contribution in [-0.4, -0.2) is 0 Å². The first-order valence-electron chi connectivity index (χ1n) is 22.7. The molecule has 3 aliphatic rings. The van der Waals surface area contributed by atoms with Crippen molar-refractivity contribution in [3.63, 3.8) is 0 Å². The largest absolute Gasteiger partial charge is 0.310 e. The molecule has 0 saturated carbocycles. The van der Waals surface area contributed by atoms with Gasteiger partial charge in [-0.2, -0.15) is 0 Å². The summed E-state index contributed by atoms with van der Waals surface area (Å²) in [5.41, 5.74) is 24.0. The molecular weight excluding hydrogens is 783 g/mol. The minimum absolute atomic E-state index is 0.166. The molecule has 1 atom stereocenters. The molecule has 0 aromatic heterocycles. The summed E-state index contributed by atoms with van der Waals surface area (Å²) in [7, 11) is 0. The van der Waals surface area contributed by atoms with Crippen molar-refractivity contribution in [2.45, 2.75) is 24.7 Å². The number of anilines is 3. The van der Waals surface area contributed by atoms with E-state index in [-0.39, 0.29) is 5.41 Å². The second kappa shape index (κ2) is 15.1. The second-order valence-electron chi connectivity index (χ2n) is 18.0. The van der Waals surface area contributed by atoms with Gasteiger partial charge in [-0.1, -0.05) is 227 Å². The molecule has 9 aromatic carbocycles. The van der Waals surface area contributed by atoms with Crippen molar-refractivity contribution in [2.24, 2.45) is 0 Å². The fourth-order valence-corrected chi connectivity index (χ4v) is 11.5. The van der Waals surface area contributed by atoms with Gasteiger partial charge >= 0.3 is 0 Å². The average Bonchev–Trinajstić information content (AvgIpc) is 3.92. The number of allylic oxidation sites excluding steroid dienone is 5. The van der Waals surface area contributed by atoms with E-state index in [0.717, 1.165) is 17.1 Å². The van der Waals surface area contributed by atoms with Gasteiger partial charge in [0.2, 0.25) is 0 Å². The van der Waals surface area contributed by atoms with Crippen molar-refractivity contribution in [1.82, 2.24) is 0 Å². The van der Waals surface area contributed by atoms with Crippen molar-refractivity contribution >= 4 is 28.2 Å². The molecule has 3 aliphatic carbocycles. The molecule has 9 aromatic rings. The quantitative estimate of drug-likeness (QED) is 0.138. The van der Waals surface area contributed by atoms with Gasteiger partial charge in [0, 0.05) is 22.4 Å². The molecule has 0 heterocycles. The first-order chi connectivity index (χ1) is 32.0. The SMILES string of the molecule is C=C/C=C\C1=C(c2ccccc2)C2(c3cc(N(c4ccc5c(c4)C(C)(C)c4ccccc4-5)c4ccccc4-c4ccccc4)ccc31)c1ccccc1-c1cccc(-c3ccccc3)c12. The van der Waals surface area contributed by atoms with Gasteiger partial charge in [-0.05, 0) is 119 Å². The van der Waals surface area contributed by atoms with Gasteiger partial charge < -0.3 is 4.90 Å². The Labute approximate surface area is 382 Å². The van der Waals surface area contributed by atoms with Crippen molar-refractivity contribution in [1.29, 1.82) is 0 Å². The molecule has 1 heteroatoms. The van der Waals surface area contributed by atoms with Crippen LogP contribution in [0.4, 0.5) is 17.1 Å². The summed E-state index contributed by atoms with van der Waals surface area (Å²) in [4.78, 5) is 2.51. The molecule has 0 bridgehead atoms. The number of benzene rings is 9. The van der Waals surface area contributed by atoms with Crippen molar-refractivity contribution < 1.29 is 0 Å². The molecule has 1 spiro atoms. The Hall–Kier alpha value is -8.00. The third-order valence-electron chi connectivity index (χ3n) is 14.3. The molecular formula is C64H47N. The molecule has 12 rings (SSSR count). The van der Waals surface area contributed by atoms with Crippen LogP contribution in [-0.2, 0) is 10.8 Å². The van der Waals surface area contributed by atoms with Gasteiger partial charge in [0.1, 0.15) is 0 Å². The molecule has 1 unspecified atom stereocenters. The maximum absolute atomic E-state index is 4.16. The fraction of sp³-hybridized carbons (Fsp3) is 0.0625. The van der Waals surface area contributed by atoms with Crippen LogP contribution in [0, 0.1) is 0 Å². The highest BCUT2D eigenvalue weighted by Crippen LogP contribution is 2.67. The minimum atomic E-state index is -0.669. The summed E-state index contributed by atoms with van der Waals surface area (Å²) >= 11 is 0. The number of nitrogens with zero attached hydrogens (tertiary/aromatic N) is 1. The summed E-state index contributed by atoms with van der Waals surface area (Å²) in [6.45, 7) is 8.90. The molecule has 0 amide bonds. The predicted molar refractivity (Wildman–Crippen MR) is 274 cm³/mol. The van der Waals surface area contributed by atoms with Crippen LogP contribution in [0.25, 0.3) is 55.7 Å². The van der Waals surface area contributed by atoms with E-state index in [9.17, 15) is 0 Å². The highest BCUT2D eigenvalue weighted by molar-refractivity contribution is 6.14. The highest BCUT2D eigenvalue weighted by Gasteiger charge is 2.54. The third-order valence-corrected chi connectivity index (χ3v) is 14.3. The molecule has 0 N–H and O–H groups in total. The second-order valence-corrected chi connectivity index (χ2v) is 18.0. The fourth-order valence-electron chi connectivity index (χ4n) is 11.5. The van der Waals surface area contributed by atoms with E-state index in [2.05, 4.69) is 256 Å². The van der Waals surface area contributed by atoms with Crippen LogP contribution in [0.5, 0.6) is 0 Å². The summed E-state index contributed by atoms with van der Waals surface area (Å²) in [5, 5.41) is 0. The lowest BCUT2D eigenvalue weighted by Crippen LogP contribution is -2.28. The standard InChI is InChI=1S/C64H47N/c1-4-5-28-54-53-40-38-47(65(60-36-20-17-29-48(60)43-22-9-6-10-23-43)46-37-39-52-50-30-15-18-34-56(50)63(2,3)58(52)41-46)42-59(53)64(61(54)45-26-13-8-14-27-45)57-35-19-16-31-51(57)55-33-21-32-49(62(55)64)44-24-11-7-12-25-44/h4-42H,1H2,2-3H3/b28-5-.